The largest absolute Gasteiger partial charge is 0.494 e. The highest BCUT2D eigenvalue weighted by Gasteiger charge is 2.28. The summed E-state index contributed by atoms with van der Waals surface area (Å²) in [6.45, 7) is 1.50. The number of benzene rings is 2. The van der Waals surface area contributed by atoms with E-state index in [4.69, 9.17) is 36.5 Å². The third kappa shape index (κ3) is 7.41. The van der Waals surface area contributed by atoms with Crippen LogP contribution < -0.4 is 37.3 Å². The number of esters is 1. The molecule has 0 bridgehead atoms. The van der Waals surface area contributed by atoms with Crippen LogP contribution in [0, 0.1) is 17.8 Å². The number of hydrogen-bond acceptors (Lipinski definition) is 10. The number of carboxylic acid groups (broad SMARTS) is 1. The maximum absolute atomic E-state index is 11.8. The average Bonchev–Trinajstić information content (AvgIpc) is 2.89. The first-order valence-electron chi connectivity index (χ1n) is 12.2. The zero-order valence-corrected chi connectivity index (χ0v) is 22.2. The van der Waals surface area contributed by atoms with Gasteiger partial charge in [-0.05, 0) is 24.3 Å². The SMILES string of the molecule is COC(=O)c1cc(N)c(NCC=CCNc2c(N)cc(C(N)=O)cc2OCC#CC2CN(C(=O)O)C2)c(OC)c1. The molecular weight excluding hydrogens is 520 g/mol. The van der Waals surface area contributed by atoms with Crippen molar-refractivity contribution in [3.05, 3.63) is 47.5 Å². The first-order valence-corrected chi connectivity index (χ1v) is 12.2. The van der Waals surface area contributed by atoms with Crippen molar-refractivity contribution < 1.29 is 33.7 Å². The highest BCUT2D eigenvalue weighted by Crippen LogP contribution is 2.33. The summed E-state index contributed by atoms with van der Waals surface area (Å²) in [5.74, 6) is 5.32. The molecule has 0 atom stereocenters. The number of anilines is 4. The lowest BCUT2D eigenvalue weighted by Gasteiger charge is -2.33. The molecule has 9 N–H and O–H groups in total. The van der Waals surface area contributed by atoms with Gasteiger partial charge in [0.25, 0.3) is 0 Å². The average molecular weight is 553 g/mol. The number of ether oxygens (including phenoxy) is 3. The number of rotatable bonds is 11. The minimum absolute atomic E-state index is 0.0116. The number of nitrogens with zero attached hydrogens (tertiary/aromatic N) is 1. The zero-order chi connectivity index (χ0) is 29.2. The van der Waals surface area contributed by atoms with E-state index >= 15 is 0 Å². The standard InChI is InChI=1S/C27H32N6O7/c1-38-21-13-18(26(35)39-2)11-20(29)23(21)31-7-3-4-8-32-24-19(28)10-17(25(30)34)12-22(24)40-9-5-6-16-14-33(15-16)27(36)37/h3-4,10-13,16,31-32H,7-9,14-15,28-29H2,1-2H3,(H2,30,34)(H,36,37). The number of primary amides is 1. The van der Waals surface area contributed by atoms with Gasteiger partial charge in [-0.25, -0.2) is 9.59 Å². The van der Waals surface area contributed by atoms with Gasteiger partial charge in [0, 0.05) is 31.7 Å². The zero-order valence-electron chi connectivity index (χ0n) is 22.2. The van der Waals surface area contributed by atoms with Crippen LogP contribution in [0.5, 0.6) is 11.5 Å². The van der Waals surface area contributed by atoms with Crippen molar-refractivity contribution in [1.29, 1.82) is 0 Å². The number of nitrogens with two attached hydrogens (primary N) is 3. The summed E-state index contributed by atoms with van der Waals surface area (Å²) < 4.78 is 15.8. The van der Waals surface area contributed by atoms with E-state index in [2.05, 4.69) is 22.5 Å². The summed E-state index contributed by atoms with van der Waals surface area (Å²) in [7, 11) is 2.76. The molecule has 13 nitrogen and oxygen atoms in total. The molecule has 0 aliphatic carbocycles. The molecule has 0 radical (unpaired) electrons. The van der Waals surface area contributed by atoms with Crippen molar-refractivity contribution in [2.24, 2.45) is 11.7 Å². The van der Waals surface area contributed by atoms with E-state index in [9.17, 15) is 14.4 Å². The smallest absolute Gasteiger partial charge is 0.407 e. The Morgan fingerprint density at radius 1 is 1.00 bits per heavy atom. The molecule has 0 spiro atoms. The third-order valence-corrected chi connectivity index (χ3v) is 5.91. The topological polar surface area (TPSA) is 204 Å². The van der Waals surface area contributed by atoms with E-state index in [1.54, 1.807) is 0 Å². The van der Waals surface area contributed by atoms with E-state index in [0.717, 1.165) is 0 Å². The molecule has 2 aromatic carbocycles. The molecule has 2 aromatic rings. The Hall–Kier alpha value is -5.25. The molecule has 1 aliphatic heterocycles. The minimum Gasteiger partial charge on any atom is -0.494 e. The van der Waals surface area contributed by atoms with Crippen LogP contribution in [0.15, 0.2) is 36.4 Å². The van der Waals surface area contributed by atoms with Gasteiger partial charge in [0.15, 0.2) is 0 Å². The number of carbonyl (C=O) groups is 3. The van der Waals surface area contributed by atoms with Crippen LogP contribution in [0.1, 0.15) is 20.7 Å². The molecule has 0 unspecified atom stereocenters. The predicted octanol–water partition coefficient (Wildman–Crippen LogP) is 1.82. The molecule has 1 heterocycles. The summed E-state index contributed by atoms with van der Waals surface area (Å²) in [5.41, 5.74) is 19.7. The van der Waals surface area contributed by atoms with E-state index < -0.39 is 18.0 Å². The van der Waals surface area contributed by atoms with Gasteiger partial charge in [-0.15, -0.1) is 0 Å². The molecule has 40 heavy (non-hydrogen) atoms. The number of nitrogen functional groups attached to an aromatic ring is 2. The van der Waals surface area contributed by atoms with Gasteiger partial charge < -0.3 is 52.1 Å². The molecule has 13 heteroatoms. The fourth-order valence-corrected chi connectivity index (χ4v) is 3.82. The molecule has 2 amide bonds. The normalized spacial score (nSPS) is 12.6. The maximum Gasteiger partial charge on any atom is 0.407 e. The Morgan fingerprint density at radius 2 is 1.57 bits per heavy atom. The van der Waals surface area contributed by atoms with E-state index in [0.29, 0.717) is 54.7 Å². The molecule has 1 fully saturated rings. The van der Waals surface area contributed by atoms with Crippen LogP contribution >= 0.6 is 0 Å². The van der Waals surface area contributed by atoms with Gasteiger partial charge in [-0.1, -0.05) is 24.0 Å². The summed E-state index contributed by atoms with van der Waals surface area (Å²) in [5, 5.41) is 15.2. The number of methoxy groups -OCH3 is 2. The van der Waals surface area contributed by atoms with E-state index in [1.807, 2.05) is 12.2 Å². The van der Waals surface area contributed by atoms with Crippen molar-refractivity contribution in [2.75, 3.05) is 69.1 Å². The second-order valence-electron chi connectivity index (χ2n) is 8.66. The number of likely N-dealkylation sites (tertiary alicyclic amines) is 1. The second-order valence-corrected chi connectivity index (χ2v) is 8.66. The third-order valence-electron chi connectivity index (χ3n) is 5.91. The van der Waals surface area contributed by atoms with Crippen molar-refractivity contribution >= 4 is 40.7 Å². The first kappa shape index (κ1) is 29.3. The number of nitrogens with one attached hydrogen (secondary N) is 2. The minimum atomic E-state index is -0.966. The van der Waals surface area contributed by atoms with Crippen molar-refractivity contribution in [2.45, 2.75) is 0 Å². The van der Waals surface area contributed by atoms with Gasteiger partial charge in [-0.3, -0.25) is 4.79 Å². The lowest BCUT2D eigenvalue weighted by atomic mass is 10.0. The van der Waals surface area contributed by atoms with Crippen molar-refractivity contribution in [3.8, 4) is 23.3 Å². The van der Waals surface area contributed by atoms with Gasteiger partial charge >= 0.3 is 12.1 Å². The summed E-state index contributed by atoms with van der Waals surface area (Å²) in [6, 6.07) is 5.98. The Kier molecular flexibility index (Phi) is 9.90. The second kappa shape index (κ2) is 13.5. The van der Waals surface area contributed by atoms with Crippen molar-refractivity contribution in [1.82, 2.24) is 4.90 Å². The van der Waals surface area contributed by atoms with Gasteiger partial charge in [-0.2, -0.15) is 0 Å². The molecule has 0 saturated carbocycles. The molecule has 3 rings (SSSR count). The quantitative estimate of drug-likeness (QED) is 0.103. The Labute approximate surface area is 231 Å². The summed E-state index contributed by atoms with van der Waals surface area (Å²) in [6.07, 6.45) is 2.72. The fraction of sp³-hybridized carbons (Fsp3) is 0.296. The monoisotopic (exact) mass is 552 g/mol. The van der Waals surface area contributed by atoms with E-state index in [1.165, 1.54) is 43.4 Å². The Morgan fingerprint density at radius 3 is 2.12 bits per heavy atom. The number of carbonyl (C=O) groups excluding carboxylic acids is 2. The maximum atomic E-state index is 11.8. The highest BCUT2D eigenvalue weighted by atomic mass is 16.5. The fourth-order valence-electron chi connectivity index (χ4n) is 3.82. The highest BCUT2D eigenvalue weighted by molar-refractivity contribution is 5.96. The number of amides is 2. The summed E-state index contributed by atoms with van der Waals surface area (Å²) in [4.78, 5) is 35.6. The van der Waals surface area contributed by atoms with Gasteiger partial charge in [0.05, 0.1) is 37.1 Å². The van der Waals surface area contributed by atoms with Crippen LogP contribution in [0.4, 0.5) is 27.5 Å². The Bertz CT molecular complexity index is 1360. The first-order chi connectivity index (χ1) is 19.1. The van der Waals surface area contributed by atoms with Crippen LogP contribution in [0.25, 0.3) is 0 Å². The summed E-state index contributed by atoms with van der Waals surface area (Å²) >= 11 is 0. The Balaban J connectivity index is 1.59. The molecule has 1 saturated heterocycles. The van der Waals surface area contributed by atoms with Gasteiger partial charge in [0.2, 0.25) is 5.91 Å². The lowest BCUT2D eigenvalue weighted by molar-refractivity contribution is 0.0600. The van der Waals surface area contributed by atoms with Crippen LogP contribution in [-0.4, -0.2) is 75.0 Å². The van der Waals surface area contributed by atoms with Crippen LogP contribution in [0.3, 0.4) is 0 Å². The predicted molar refractivity (Wildman–Crippen MR) is 151 cm³/mol. The van der Waals surface area contributed by atoms with Gasteiger partial charge in [0.1, 0.15) is 29.5 Å². The molecule has 0 aromatic heterocycles. The molecule has 212 valence electrons. The molecule has 1 aliphatic rings. The number of hydrogen-bond donors (Lipinski definition) is 6. The van der Waals surface area contributed by atoms with E-state index in [-0.39, 0.29) is 29.3 Å². The lowest BCUT2D eigenvalue weighted by Crippen LogP contribution is -2.48. The molecular formula is C27H32N6O7. The van der Waals surface area contributed by atoms with Crippen LogP contribution in [-0.2, 0) is 4.74 Å². The van der Waals surface area contributed by atoms with Crippen LogP contribution in [0.2, 0.25) is 0 Å². The van der Waals surface area contributed by atoms with Crippen molar-refractivity contribution in [3.63, 3.8) is 0 Å².